The molecule has 3 rings (SSSR count). The summed E-state index contributed by atoms with van der Waals surface area (Å²) in [4.78, 5) is 0. The van der Waals surface area contributed by atoms with Crippen molar-refractivity contribution in [3.63, 3.8) is 0 Å². The Labute approximate surface area is 159 Å². The fourth-order valence-corrected chi connectivity index (χ4v) is 7.48. The van der Waals surface area contributed by atoms with E-state index in [-0.39, 0.29) is 0 Å². The lowest BCUT2D eigenvalue weighted by molar-refractivity contribution is 0.0198. The minimum absolute atomic E-state index is 0.437. The molecule has 0 aliphatic heterocycles. The molecule has 2 fully saturated rings. The first kappa shape index (κ1) is 18.6. The van der Waals surface area contributed by atoms with Crippen LogP contribution >= 0.6 is 30.4 Å². The van der Waals surface area contributed by atoms with Crippen LogP contribution in [0.25, 0.3) is 0 Å². The van der Waals surface area contributed by atoms with Crippen molar-refractivity contribution in [1.82, 2.24) is 0 Å². The Morgan fingerprint density at radius 1 is 1.26 bits per heavy atom. The van der Waals surface area contributed by atoms with Crippen LogP contribution in [0, 0.1) is 28.6 Å². The highest BCUT2D eigenvalue weighted by Crippen LogP contribution is 2.60. The van der Waals surface area contributed by atoms with E-state index in [0.717, 1.165) is 17.8 Å². The van der Waals surface area contributed by atoms with Gasteiger partial charge in [0.2, 0.25) is 0 Å². The van der Waals surface area contributed by atoms with Gasteiger partial charge in [-0.1, -0.05) is 52.2 Å². The Bertz CT molecular complexity index is 461. The lowest BCUT2D eigenvalue weighted by Crippen LogP contribution is -2.45. The van der Waals surface area contributed by atoms with Gasteiger partial charge < -0.3 is 4.18 Å². The van der Waals surface area contributed by atoms with Gasteiger partial charge in [0.25, 0.3) is 0 Å². The standard InChI is InChI=1S/C20H33IOS/c1-5-17-16(18-7-6-11-19(18,2)3)9-8-14-13-15(22-23-21)10-12-20(14,17)4/h8,15-18H,5-7,9-13H2,1-4H3. The average molecular weight is 448 g/mol. The molecular weight excluding hydrogens is 415 g/mol. The zero-order valence-electron chi connectivity index (χ0n) is 15.2. The Morgan fingerprint density at radius 3 is 2.65 bits per heavy atom. The van der Waals surface area contributed by atoms with E-state index in [2.05, 4.69) is 55.0 Å². The smallest absolute Gasteiger partial charge is 0.0769 e. The number of halogens is 1. The lowest BCUT2D eigenvalue weighted by atomic mass is 9.52. The van der Waals surface area contributed by atoms with E-state index < -0.39 is 0 Å². The van der Waals surface area contributed by atoms with Gasteiger partial charge in [-0.15, -0.1) is 0 Å². The minimum Gasteiger partial charge on any atom is -0.302 e. The molecular formula is C20H33IOS. The van der Waals surface area contributed by atoms with Crippen LogP contribution in [0.3, 0.4) is 0 Å². The van der Waals surface area contributed by atoms with E-state index in [1.54, 1.807) is 5.57 Å². The first-order valence-corrected chi connectivity index (χ1v) is 12.8. The molecule has 3 aliphatic rings. The molecule has 0 aromatic carbocycles. The maximum absolute atomic E-state index is 5.87. The van der Waals surface area contributed by atoms with Crippen LogP contribution in [0.15, 0.2) is 11.6 Å². The third-order valence-corrected chi connectivity index (χ3v) is 8.58. The number of hydrogen-bond donors (Lipinski definition) is 0. The van der Waals surface area contributed by atoms with Crippen LogP contribution in [-0.2, 0) is 4.18 Å². The molecule has 0 amide bonds. The van der Waals surface area contributed by atoms with E-state index in [1.807, 2.05) is 0 Å². The molecule has 5 atom stereocenters. The van der Waals surface area contributed by atoms with Crippen molar-refractivity contribution in [2.45, 2.75) is 85.2 Å². The van der Waals surface area contributed by atoms with Crippen molar-refractivity contribution in [3.8, 4) is 0 Å². The molecule has 3 heteroatoms. The third kappa shape index (κ3) is 3.40. The Kier molecular flexibility index (Phi) is 5.80. The molecule has 23 heavy (non-hydrogen) atoms. The summed E-state index contributed by atoms with van der Waals surface area (Å²) in [5.41, 5.74) is 2.71. The normalized spacial score (nSPS) is 43.1. The monoisotopic (exact) mass is 448 g/mol. The summed E-state index contributed by atoms with van der Waals surface area (Å²) < 4.78 is 5.87. The Hall–Kier alpha value is 0.780. The summed E-state index contributed by atoms with van der Waals surface area (Å²) in [6, 6.07) is 0. The number of fused-ring (bicyclic) bond motifs is 1. The fourth-order valence-electron chi connectivity index (χ4n) is 6.34. The van der Waals surface area contributed by atoms with Crippen LogP contribution in [0.5, 0.6) is 0 Å². The molecule has 0 saturated heterocycles. The van der Waals surface area contributed by atoms with Crippen molar-refractivity contribution in [3.05, 3.63) is 11.6 Å². The molecule has 0 heterocycles. The molecule has 2 saturated carbocycles. The second-order valence-electron chi connectivity index (χ2n) is 9.07. The van der Waals surface area contributed by atoms with E-state index in [0.29, 0.717) is 16.9 Å². The lowest BCUT2D eigenvalue weighted by Gasteiger charge is -2.53. The first-order chi connectivity index (χ1) is 10.9. The molecule has 0 spiro atoms. The quantitative estimate of drug-likeness (QED) is 0.252. The van der Waals surface area contributed by atoms with Gasteiger partial charge in [0, 0.05) is 21.2 Å². The highest BCUT2D eigenvalue weighted by Gasteiger charge is 2.51. The number of rotatable bonds is 4. The highest BCUT2D eigenvalue weighted by molar-refractivity contribution is 14.2. The second-order valence-corrected chi connectivity index (χ2v) is 10.5. The Morgan fingerprint density at radius 2 is 2.04 bits per heavy atom. The van der Waals surface area contributed by atoms with Gasteiger partial charge in [-0.25, -0.2) is 0 Å². The molecule has 5 unspecified atom stereocenters. The third-order valence-electron chi connectivity index (χ3n) is 7.61. The molecule has 132 valence electrons. The van der Waals surface area contributed by atoms with Crippen molar-refractivity contribution >= 4 is 30.4 Å². The van der Waals surface area contributed by atoms with Gasteiger partial charge in [-0.05, 0) is 67.1 Å². The summed E-state index contributed by atoms with van der Waals surface area (Å²) in [7, 11) is 1.52. The van der Waals surface area contributed by atoms with Crippen molar-refractivity contribution < 1.29 is 4.18 Å². The first-order valence-electron chi connectivity index (χ1n) is 9.56. The van der Waals surface area contributed by atoms with Gasteiger partial charge in [0.15, 0.2) is 0 Å². The van der Waals surface area contributed by atoms with E-state index in [1.165, 1.54) is 60.6 Å². The molecule has 0 aromatic rings. The molecule has 1 nitrogen and oxygen atoms in total. The second kappa shape index (κ2) is 7.19. The predicted molar refractivity (Wildman–Crippen MR) is 110 cm³/mol. The van der Waals surface area contributed by atoms with E-state index in [9.17, 15) is 0 Å². The highest BCUT2D eigenvalue weighted by atomic mass is 127. The van der Waals surface area contributed by atoms with Crippen molar-refractivity contribution in [1.29, 1.82) is 0 Å². The Balaban J connectivity index is 1.84. The largest absolute Gasteiger partial charge is 0.302 e. The number of allylic oxidation sites excluding steroid dienone is 1. The van der Waals surface area contributed by atoms with Gasteiger partial charge in [0.05, 0.1) is 15.3 Å². The van der Waals surface area contributed by atoms with Crippen LogP contribution < -0.4 is 0 Å². The zero-order valence-corrected chi connectivity index (χ0v) is 18.2. The SMILES string of the molecule is CCC1C(C2CCCC2(C)C)CC=C2CC(OSI)CCC21C. The molecule has 0 N–H and O–H groups in total. The topological polar surface area (TPSA) is 9.23 Å². The van der Waals surface area contributed by atoms with Crippen molar-refractivity contribution in [2.75, 3.05) is 0 Å². The summed E-state index contributed by atoms with van der Waals surface area (Å²) in [6.07, 6.45) is 13.8. The molecule has 0 radical (unpaired) electrons. The minimum atomic E-state index is 0.437. The van der Waals surface area contributed by atoms with E-state index >= 15 is 0 Å². The van der Waals surface area contributed by atoms with Gasteiger partial charge in [0.1, 0.15) is 0 Å². The summed E-state index contributed by atoms with van der Waals surface area (Å²) in [5, 5.41) is 0. The summed E-state index contributed by atoms with van der Waals surface area (Å²) in [5.74, 6) is 2.71. The van der Waals surface area contributed by atoms with Crippen molar-refractivity contribution in [2.24, 2.45) is 28.6 Å². The maximum Gasteiger partial charge on any atom is 0.0769 e. The van der Waals surface area contributed by atoms with Crippen LogP contribution in [0.1, 0.15) is 79.1 Å². The average Bonchev–Trinajstić information content (AvgIpc) is 2.86. The molecule has 0 aromatic heterocycles. The predicted octanol–water partition coefficient (Wildman–Crippen LogP) is 7.36. The summed E-state index contributed by atoms with van der Waals surface area (Å²) in [6.45, 7) is 10.1. The molecule has 0 bridgehead atoms. The van der Waals surface area contributed by atoms with Crippen LogP contribution in [-0.4, -0.2) is 6.10 Å². The van der Waals surface area contributed by atoms with Crippen LogP contribution in [0.4, 0.5) is 0 Å². The van der Waals surface area contributed by atoms with Crippen LogP contribution in [0.2, 0.25) is 0 Å². The van der Waals surface area contributed by atoms with E-state index in [4.69, 9.17) is 4.18 Å². The van der Waals surface area contributed by atoms with Gasteiger partial charge in [-0.3, -0.25) is 0 Å². The maximum atomic E-state index is 5.87. The van der Waals surface area contributed by atoms with Gasteiger partial charge in [-0.2, -0.15) is 0 Å². The van der Waals surface area contributed by atoms with Gasteiger partial charge >= 0.3 is 0 Å². The molecule has 3 aliphatic carbocycles. The fraction of sp³-hybridized carbons (Fsp3) is 0.900. The summed E-state index contributed by atoms with van der Waals surface area (Å²) >= 11 is 2.26. The number of hydrogen-bond acceptors (Lipinski definition) is 2. The zero-order chi connectivity index (χ0) is 16.7.